The van der Waals surface area contributed by atoms with Crippen LogP contribution in [0.1, 0.15) is 5.56 Å². The maximum atomic E-state index is 6.16. The topological polar surface area (TPSA) is 24.5 Å². The molecule has 18 heavy (non-hydrogen) atoms. The molecule has 1 N–H and O–H groups in total. The molecule has 100 valence electrons. The average Bonchev–Trinajstić information content (AvgIpc) is 2.38. The number of nitrogens with zero attached hydrogens (tertiary/aromatic N) is 1. The summed E-state index contributed by atoms with van der Waals surface area (Å²) in [6, 6.07) is 6.00. The highest BCUT2D eigenvalue weighted by Gasteiger charge is 2.09. The molecule has 0 aromatic heterocycles. The lowest BCUT2D eigenvalue weighted by atomic mass is 10.2. The van der Waals surface area contributed by atoms with Gasteiger partial charge in [0.15, 0.2) is 0 Å². The van der Waals surface area contributed by atoms with E-state index in [0.717, 1.165) is 61.0 Å². The van der Waals surface area contributed by atoms with E-state index in [4.69, 9.17) is 16.3 Å². The first kappa shape index (κ1) is 14.3. The van der Waals surface area contributed by atoms with Crippen LogP contribution in [0, 0.1) is 0 Å². The van der Waals surface area contributed by atoms with Gasteiger partial charge in [-0.25, -0.2) is 0 Å². The van der Waals surface area contributed by atoms with Crippen LogP contribution >= 0.6 is 27.5 Å². The van der Waals surface area contributed by atoms with Gasteiger partial charge in [-0.05, 0) is 17.7 Å². The molecule has 1 aromatic rings. The van der Waals surface area contributed by atoms with Crippen molar-refractivity contribution in [1.82, 2.24) is 10.2 Å². The van der Waals surface area contributed by atoms with Crippen LogP contribution < -0.4 is 5.32 Å². The van der Waals surface area contributed by atoms with E-state index in [-0.39, 0.29) is 0 Å². The first-order valence-electron chi connectivity index (χ1n) is 6.20. The minimum Gasteiger partial charge on any atom is -0.379 e. The third-order valence-corrected chi connectivity index (χ3v) is 3.88. The van der Waals surface area contributed by atoms with Crippen molar-refractivity contribution in [3.63, 3.8) is 0 Å². The highest BCUT2D eigenvalue weighted by atomic mass is 79.9. The van der Waals surface area contributed by atoms with Gasteiger partial charge in [-0.1, -0.05) is 33.6 Å². The standard InChI is InChI=1S/C13H18BrClN2O/c14-12-2-1-11(13(15)9-12)10-16-3-4-17-5-7-18-8-6-17/h1-2,9,16H,3-8,10H2. The van der Waals surface area contributed by atoms with Crippen molar-refractivity contribution >= 4 is 27.5 Å². The molecular weight excluding hydrogens is 316 g/mol. The Morgan fingerprint density at radius 1 is 1.33 bits per heavy atom. The third-order valence-electron chi connectivity index (χ3n) is 3.04. The van der Waals surface area contributed by atoms with Gasteiger partial charge in [0.1, 0.15) is 0 Å². The summed E-state index contributed by atoms with van der Waals surface area (Å²) >= 11 is 9.57. The van der Waals surface area contributed by atoms with E-state index >= 15 is 0 Å². The predicted molar refractivity (Wildman–Crippen MR) is 78.1 cm³/mol. The van der Waals surface area contributed by atoms with Crippen LogP contribution in [0.2, 0.25) is 5.02 Å². The molecule has 0 amide bonds. The molecule has 0 atom stereocenters. The quantitative estimate of drug-likeness (QED) is 0.838. The highest BCUT2D eigenvalue weighted by Crippen LogP contribution is 2.20. The van der Waals surface area contributed by atoms with Crippen LogP contribution in [-0.4, -0.2) is 44.3 Å². The van der Waals surface area contributed by atoms with Gasteiger partial charge in [-0.3, -0.25) is 4.90 Å². The van der Waals surface area contributed by atoms with E-state index in [1.807, 2.05) is 18.2 Å². The van der Waals surface area contributed by atoms with Crippen molar-refractivity contribution in [2.45, 2.75) is 6.54 Å². The fourth-order valence-electron chi connectivity index (χ4n) is 1.95. The Bertz CT molecular complexity index is 383. The number of hydrogen-bond acceptors (Lipinski definition) is 3. The Balaban J connectivity index is 1.68. The van der Waals surface area contributed by atoms with E-state index in [9.17, 15) is 0 Å². The Kier molecular flexibility index (Phi) is 5.92. The maximum absolute atomic E-state index is 6.16. The first-order chi connectivity index (χ1) is 8.75. The van der Waals surface area contributed by atoms with Gasteiger partial charge in [-0.15, -0.1) is 0 Å². The predicted octanol–water partition coefficient (Wildman–Crippen LogP) is 2.52. The molecule has 1 aliphatic heterocycles. The summed E-state index contributed by atoms with van der Waals surface area (Å²) in [4.78, 5) is 2.42. The Labute approximate surface area is 122 Å². The zero-order valence-corrected chi connectivity index (χ0v) is 12.6. The second kappa shape index (κ2) is 7.46. The van der Waals surface area contributed by atoms with E-state index < -0.39 is 0 Å². The molecule has 5 heteroatoms. The molecule has 3 nitrogen and oxygen atoms in total. The van der Waals surface area contributed by atoms with Gasteiger partial charge in [-0.2, -0.15) is 0 Å². The number of halogens is 2. The Morgan fingerprint density at radius 3 is 2.83 bits per heavy atom. The lowest BCUT2D eigenvalue weighted by Gasteiger charge is -2.26. The van der Waals surface area contributed by atoms with Crippen LogP contribution in [-0.2, 0) is 11.3 Å². The Morgan fingerprint density at radius 2 is 2.11 bits per heavy atom. The first-order valence-corrected chi connectivity index (χ1v) is 7.37. The van der Waals surface area contributed by atoms with Crippen molar-refractivity contribution in [3.8, 4) is 0 Å². The summed E-state index contributed by atoms with van der Waals surface area (Å²) in [5.74, 6) is 0. The molecule has 0 unspecified atom stereocenters. The summed E-state index contributed by atoms with van der Waals surface area (Å²) < 4.78 is 6.34. The summed E-state index contributed by atoms with van der Waals surface area (Å²) in [6.07, 6.45) is 0. The minimum absolute atomic E-state index is 0.809. The Hall–Kier alpha value is -0.130. The number of benzene rings is 1. The summed E-state index contributed by atoms with van der Waals surface area (Å²) in [5.41, 5.74) is 1.14. The van der Waals surface area contributed by atoms with Gasteiger partial charge in [0, 0.05) is 42.2 Å². The summed E-state index contributed by atoms with van der Waals surface area (Å²) in [7, 11) is 0. The molecule has 1 aromatic carbocycles. The average molecular weight is 334 g/mol. The van der Waals surface area contributed by atoms with Gasteiger partial charge >= 0.3 is 0 Å². The molecule has 2 rings (SSSR count). The number of nitrogens with one attached hydrogen (secondary N) is 1. The molecule has 1 fully saturated rings. The van der Waals surface area contributed by atoms with Crippen molar-refractivity contribution < 1.29 is 4.74 Å². The zero-order chi connectivity index (χ0) is 12.8. The zero-order valence-electron chi connectivity index (χ0n) is 10.3. The van der Waals surface area contributed by atoms with E-state index in [1.54, 1.807) is 0 Å². The largest absolute Gasteiger partial charge is 0.379 e. The molecule has 0 saturated carbocycles. The molecule has 1 saturated heterocycles. The van der Waals surface area contributed by atoms with Crippen LogP contribution in [0.3, 0.4) is 0 Å². The summed E-state index contributed by atoms with van der Waals surface area (Å²) in [5, 5.41) is 4.24. The minimum atomic E-state index is 0.809. The van der Waals surface area contributed by atoms with Gasteiger partial charge in [0.05, 0.1) is 13.2 Å². The van der Waals surface area contributed by atoms with E-state index in [2.05, 4.69) is 26.1 Å². The number of rotatable bonds is 5. The van der Waals surface area contributed by atoms with Crippen molar-refractivity contribution in [1.29, 1.82) is 0 Å². The molecule has 0 radical (unpaired) electrons. The van der Waals surface area contributed by atoms with Crippen LogP contribution in [0.5, 0.6) is 0 Å². The molecule has 0 spiro atoms. The fraction of sp³-hybridized carbons (Fsp3) is 0.538. The van der Waals surface area contributed by atoms with Crippen LogP contribution in [0.4, 0.5) is 0 Å². The maximum Gasteiger partial charge on any atom is 0.0594 e. The van der Waals surface area contributed by atoms with Gasteiger partial charge in [0.25, 0.3) is 0 Å². The highest BCUT2D eigenvalue weighted by molar-refractivity contribution is 9.10. The van der Waals surface area contributed by atoms with Crippen LogP contribution in [0.15, 0.2) is 22.7 Å². The number of ether oxygens (including phenoxy) is 1. The molecule has 0 aliphatic carbocycles. The van der Waals surface area contributed by atoms with Crippen molar-refractivity contribution in [2.75, 3.05) is 39.4 Å². The normalized spacial score (nSPS) is 17.0. The second-order valence-electron chi connectivity index (χ2n) is 4.37. The number of hydrogen-bond donors (Lipinski definition) is 1. The van der Waals surface area contributed by atoms with Crippen molar-refractivity contribution in [2.24, 2.45) is 0 Å². The van der Waals surface area contributed by atoms with Gasteiger partial charge < -0.3 is 10.1 Å². The molecular formula is C13H18BrClN2O. The molecule has 1 heterocycles. The third kappa shape index (κ3) is 4.52. The second-order valence-corrected chi connectivity index (χ2v) is 5.69. The van der Waals surface area contributed by atoms with E-state index in [1.165, 1.54) is 0 Å². The fourth-order valence-corrected chi connectivity index (χ4v) is 2.69. The smallest absolute Gasteiger partial charge is 0.0594 e. The monoisotopic (exact) mass is 332 g/mol. The molecule has 0 bridgehead atoms. The summed E-state index contributed by atoms with van der Waals surface area (Å²) in [6.45, 7) is 6.67. The van der Waals surface area contributed by atoms with Crippen molar-refractivity contribution in [3.05, 3.63) is 33.3 Å². The van der Waals surface area contributed by atoms with Gasteiger partial charge in [0.2, 0.25) is 0 Å². The lowest BCUT2D eigenvalue weighted by molar-refractivity contribution is 0.0384. The molecule has 1 aliphatic rings. The van der Waals surface area contributed by atoms with E-state index in [0.29, 0.717) is 0 Å². The number of morpholine rings is 1. The van der Waals surface area contributed by atoms with Crippen LogP contribution in [0.25, 0.3) is 0 Å². The SMILES string of the molecule is Clc1cc(Br)ccc1CNCCN1CCOCC1. The lowest BCUT2D eigenvalue weighted by Crippen LogP contribution is -2.40.